The van der Waals surface area contributed by atoms with Crippen LogP contribution in [-0.4, -0.2) is 62.3 Å². The Morgan fingerprint density at radius 1 is 0.962 bits per heavy atom. The molecule has 0 N–H and O–H groups in total. The highest BCUT2D eigenvalue weighted by Crippen LogP contribution is 2.21. The highest BCUT2D eigenvalue weighted by atomic mass is 32.2. The molecule has 0 saturated carbocycles. The third-order valence-electron chi connectivity index (χ3n) is 4.81. The Morgan fingerprint density at radius 3 is 2.31 bits per heavy atom. The van der Waals surface area contributed by atoms with Gasteiger partial charge in [0.15, 0.2) is 6.61 Å². The maximum absolute atomic E-state index is 12.7. The van der Waals surface area contributed by atoms with Gasteiger partial charge in [-0.3, -0.25) is 4.79 Å². The van der Waals surface area contributed by atoms with Gasteiger partial charge in [-0.2, -0.15) is 4.31 Å². The number of carbonyl (C=O) groups excluding carboxylic acids is 2. The number of amides is 1. The van der Waals surface area contributed by atoms with Gasteiger partial charge in [-0.25, -0.2) is 13.2 Å². The number of likely N-dealkylation sites (tertiary alicyclic amines) is 1. The van der Waals surface area contributed by atoms with Crippen LogP contribution in [0.4, 0.5) is 0 Å². The summed E-state index contributed by atoms with van der Waals surface area (Å²) in [4.78, 5) is 25.9. The van der Waals surface area contributed by atoms with Gasteiger partial charge in [0.1, 0.15) is 0 Å². The molecule has 0 bridgehead atoms. The molecule has 2 aliphatic rings. The zero-order chi connectivity index (χ0) is 18.6. The summed E-state index contributed by atoms with van der Waals surface area (Å²) in [6.07, 6.45) is 4.66. The number of hydrogen-bond donors (Lipinski definition) is 0. The monoisotopic (exact) mass is 380 g/mol. The van der Waals surface area contributed by atoms with Gasteiger partial charge < -0.3 is 9.64 Å². The van der Waals surface area contributed by atoms with Crippen molar-refractivity contribution in [2.75, 3.05) is 32.8 Å². The second-order valence-electron chi connectivity index (χ2n) is 6.66. The van der Waals surface area contributed by atoms with Crippen molar-refractivity contribution in [3.8, 4) is 0 Å². The number of benzene rings is 1. The minimum absolute atomic E-state index is 0.0831. The summed E-state index contributed by atoms with van der Waals surface area (Å²) in [6, 6.07) is 5.83. The maximum atomic E-state index is 12.7. The fraction of sp³-hybridized carbons (Fsp3) is 0.556. The third-order valence-corrected chi connectivity index (χ3v) is 6.70. The molecule has 3 rings (SSSR count). The van der Waals surface area contributed by atoms with E-state index in [2.05, 4.69) is 0 Å². The van der Waals surface area contributed by atoms with Crippen molar-refractivity contribution in [3.63, 3.8) is 0 Å². The number of carbonyl (C=O) groups is 2. The molecule has 0 atom stereocenters. The van der Waals surface area contributed by atoms with Crippen LogP contribution >= 0.6 is 0 Å². The number of nitrogens with zero attached hydrogens (tertiary/aromatic N) is 2. The second kappa shape index (κ2) is 8.18. The van der Waals surface area contributed by atoms with Crippen LogP contribution < -0.4 is 0 Å². The fourth-order valence-corrected chi connectivity index (χ4v) is 4.87. The summed E-state index contributed by atoms with van der Waals surface area (Å²) in [5, 5.41) is 0. The van der Waals surface area contributed by atoms with Crippen molar-refractivity contribution in [1.29, 1.82) is 0 Å². The van der Waals surface area contributed by atoms with E-state index < -0.39 is 16.0 Å². The van der Waals surface area contributed by atoms with Crippen LogP contribution in [0.5, 0.6) is 0 Å². The molecule has 1 amide bonds. The first kappa shape index (κ1) is 18.8. The molecule has 1 aromatic rings. The molecule has 0 aliphatic carbocycles. The fourth-order valence-electron chi connectivity index (χ4n) is 3.31. The normalized spacial score (nSPS) is 18.7. The van der Waals surface area contributed by atoms with E-state index in [1.165, 1.54) is 28.6 Å². The summed E-state index contributed by atoms with van der Waals surface area (Å²) < 4.78 is 32.0. The van der Waals surface area contributed by atoms with Gasteiger partial charge in [0.2, 0.25) is 10.0 Å². The molecule has 2 saturated heterocycles. The molecule has 0 radical (unpaired) electrons. The standard InChI is InChI=1S/C18H24N2O5S/c21-17(19-9-4-5-10-19)14-25-18(22)15-7-6-8-16(13-15)26(23,24)20-11-2-1-3-12-20/h6-8,13H,1-5,9-12,14H2. The van der Waals surface area contributed by atoms with Crippen molar-refractivity contribution in [2.45, 2.75) is 37.0 Å². The van der Waals surface area contributed by atoms with Crippen LogP contribution in [-0.2, 0) is 19.6 Å². The first-order valence-corrected chi connectivity index (χ1v) is 10.5. The number of ether oxygens (including phenoxy) is 1. The Bertz CT molecular complexity index is 766. The van der Waals surface area contributed by atoms with E-state index in [4.69, 9.17) is 4.74 Å². The zero-order valence-electron chi connectivity index (χ0n) is 14.7. The lowest BCUT2D eigenvalue weighted by Gasteiger charge is -2.26. The molecule has 142 valence electrons. The molecular formula is C18H24N2O5S. The van der Waals surface area contributed by atoms with E-state index in [1.54, 1.807) is 4.90 Å². The van der Waals surface area contributed by atoms with Gasteiger partial charge in [-0.15, -0.1) is 0 Å². The Labute approximate surface area is 154 Å². The van der Waals surface area contributed by atoms with E-state index in [1.807, 2.05) is 0 Å². The molecule has 8 heteroatoms. The van der Waals surface area contributed by atoms with Crippen LogP contribution in [0.3, 0.4) is 0 Å². The van der Waals surface area contributed by atoms with Gasteiger partial charge in [0, 0.05) is 26.2 Å². The van der Waals surface area contributed by atoms with Crippen LogP contribution in [0.1, 0.15) is 42.5 Å². The lowest BCUT2D eigenvalue weighted by atomic mass is 10.2. The van der Waals surface area contributed by atoms with Crippen LogP contribution in [0.2, 0.25) is 0 Å². The first-order chi connectivity index (χ1) is 12.5. The van der Waals surface area contributed by atoms with Gasteiger partial charge in [-0.1, -0.05) is 12.5 Å². The van der Waals surface area contributed by atoms with Crippen LogP contribution in [0.25, 0.3) is 0 Å². The molecule has 2 heterocycles. The maximum Gasteiger partial charge on any atom is 0.338 e. The van der Waals surface area contributed by atoms with Crippen molar-refractivity contribution in [3.05, 3.63) is 29.8 Å². The molecule has 26 heavy (non-hydrogen) atoms. The molecular weight excluding hydrogens is 356 g/mol. The first-order valence-electron chi connectivity index (χ1n) is 9.03. The third kappa shape index (κ3) is 4.24. The van der Waals surface area contributed by atoms with Crippen molar-refractivity contribution < 1.29 is 22.7 Å². The van der Waals surface area contributed by atoms with Crippen molar-refractivity contribution in [2.24, 2.45) is 0 Å². The number of rotatable bonds is 5. The lowest BCUT2D eigenvalue weighted by molar-refractivity contribution is -0.133. The van der Waals surface area contributed by atoms with E-state index in [-0.39, 0.29) is 23.0 Å². The van der Waals surface area contributed by atoms with Crippen LogP contribution in [0.15, 0.2) is 29.2 Å². The minimum Gasteiger partial charge on any atom is -0.452 e. The van der Waals surface area contributed by atoms with E-state index in [9.17, 15) is 18.0 Å². The average Bonchev–Trinajstić information content (AvgIpc) is 3.21. The predicted molar refractivity (Wildman–Crippen MR) is 95.1 cm³/mol. The van der Waals surface area contributed by atoms with Crippen molar-refractivity contribution in [1.82, 2.24) is 9.21 Å². The molecule has 1 aromatic carbocycles. The molecule has 0 spiro atoms. The second-order valence-corrected chi connectivity index (χ2v) is 8.59. The number of esters is 1. The zero-order valence-corrected chi connectivity index (χ0v) is 15.5. The Balaban J connectivity index is 1.66. The lowest BCUT2D eigenvalue weighted by Crippen LogP contribution is -2.35. The quantitative estimate of drug-likeness (QED) is 0.725. The number of piperidine rings is 1. The van der Waals surface area contributed by atoms with E-state index in [0.29, 0.717) is 26.2 Å². The van der Waals surface area contributed by atoms with E-state index in [0.717, 1.165) is 32.1 Å². The summed E-state index contributed by atoms with van der Waals surface area (Å²) >= 11 is 0. The van der Waals surface area contributed by atoms with Gasteiger partial charge in [0.25, 0.3) is 5.91 Å². The minimum atomic E-state index is -3.61. The van der Waals surface area contributed by atoms with E-state index >= 15 is 0 Å². The van der Waals surface area contributed by atoms with Gasteiger partial charge in [0.05, 0.1) is 10.5 Å². The number of sulfonamides is 1. The molecule has 2 aliphatic heterocycles. The van der Waals surface area contributed by atoms with Crippen molar-refractivity contribution >= 4 is 21.9 Å². The Morgan fingerprint density at radius 2 is 1.62 bits per heavy atom. The summed E-state index contributed by atoms with van der Waals surface area (Å²) in [5.74, 6) is -0.902. The molecule has 0 unspecified atom stereocenters. The predicted octanol–water partition coefficient (Wildman–Crippen LogP) is 1.64. The highest BCUT2D eigenvalue weighted by molar-refractivity contribution is 7.89. The van der Waals surface area contributed by atoms with Gasteiger partial charge in [-0.05, 0) is 43.9 Å². The molecule has 2 fully saturated rings. The largest absolute Gasteiger partial charge is 0.452 e. The summed E-state index contributed by atoms with van der Waals surface area (Å²) in [6.45, 7) is 2.07. The van der Waals surface area contributed by atoms with Crippen LogP contribution in [0, 0.1) is 0 Å². The SMILES string of the molecule is O=C(OCC(=O)N1CCCC1)c1cccc(S(=O)(=O)N2CCCCC2)c1. The summed E-state index contributed by atoms with van der Waals surface area (Å²) in [5.41, 5.74) is 0.136. The molecule has 7 nitrogen and oxygen atoms in total. The van der Waals surface area contributed by atoms with Gasteiger partial charge >= 0.3 is 5.97 Å². The highest BCUT2D eigenvalue weighted by Gasteiger charge is 2.27. The average molecular weight is 380 g/mol. The smallest absolute Gasteiger partial charge is 0.338 e. The Hall–Kier alpha value is -1.93. The molecule has 0 aromatic heterocycles. The topological polar surface area (TPSA) is 84.0 Å². The Kier molecular flexibility index (Phi) is 5.93. The summed E-state index contributed by atoms with van der Waals surface area (Å²) in [7, 11) is -3.61. The number of hydrogen-bond acceptors (Lipinski definition) is 5.